The Morgan fingerprint density at radius 2 is 1.27 bits per heavy atom. The van der Waals surface area contributed by atoms with Gasteiger partial charge in [0.25, 0.3) is 0 Å². The Hall–Kier alpha value is -0.160. The number of ether oxygens (including phenoxy) is 1. The van der Waals surface area contributed by atoms with Crippen LogP contribution in [0.2, 0.25) is 30.1 Å². The standard InChI is InChI=1S/C13H4Cl6F2O/c14-4-1-2-5(6(3-4)22-13(20)21)7-8(15)10(17)12(19)11(18)9(7)16/h1-3,13H. The van der Waals surface area contributed by atoms with Gasteiger partial charge in [-0.05, 0) is 18.2 Å². The minimum absolute atomic E-state index is 0.0348. The summed E-state index contributed by atoms with van der Waals surface area (Å²) in [5.74, 6) is -0.222. The number of halogens is 8. The summed E-state index contributed by atoms with van der Waals surface area (Å²) in [6.07, 6.45) is 0. The molecule has 0 heterocycles. The van der Waals surface area contributed by atoms with Gasteiger partial charge in [-0.1, -0.05) is 69.6 Å². The molecule has 118 valence electrons. The maximum atomic E-state index is 12.6. The van der Waals surface area contributed by atoms with Crippen LogP contribution < -0.4 is 4.74 Å². The van der Waals surface area contributed by atoms with Crippen LogP contribution in [0.15, 0.2) is 18.2 Å². The molecule has 0 spiro atoms. The number of rotatable bonds is 3. The Morgan fingerprint density at radius 3 is 1.77 bits per heavy atom. The minimum Gasteiger partial charge on any atom is -0.434 e. The van der Waals surface area contributed by atoms with Crippen molar-refractivity contribution in [3.63, 3.8) is 0 Å². The van der Waals surface area contributed by atoms with Crippen LogP contribution in [0.25, 0.3) is 11.1 Å². The number of hydrogen-bond acceptors (Lipinski definition) is 1. The van der Waals surface area contributed by atoms with Gasteiger partial charge in [-0.15, -0.1) is 0 Å². The largest absolute Gasteiger partial charge is 0.434 e. The molecule has 2 aromatic rings. The molecule has 9 heteroatoms. The van der Waals surface area contributed by atoms with E-state index in [2.05, 4.69) is 4.74 Å². The van der Waals surface area contributed by atoms with Crippen molar-refractivity contribution in [3.8, 4) is 16.9 Å². The molecule has 22 heavy (non-hydrogen) atoms. The van der Waals surface area contributed by atoms with E-state index in [9.17, 15) is 8.78 Å². The van der Waals surface area contributed by atoms with Crippen molar-refractivity contribution in [1.82, 2.24) is 0 Å². The van der Waals surface area contributed by atoms with Gasteiger partial charge in [0.2, 0.25) is 0 Å². The van der Waals surface area contributed by atoms with Crippen LogP contribution in [0.4, 0.5) is 8.78 Å². The van der Waals surface area contributed by atoms with Crippen molar-refractivity contribution in [1.29, 1.82) is 0 Å². The molecule has 0 aliphatic heterocycles. The molecule has 0 bridgehead atoms. The van der Waals surface area contributed by atoms with Gasteiger partial charge in [-0.2, -0.15) is 8.78 Å². The summed E-state index contributed by atoms with van der Waals surface area (Å²) in [7, 11) is 0. The molecular formula is C13H4Cl6F2O. The van der Waals surface area contributed by atoms with Gasteiger partial charge in [0.05, 0.1) is 25.1 Å². The van der Waals surface area contributed by atoms with Crippen LogP contribution in [0, 0.1) is 0 Å². The molecule has 0 unspecified atom stereocenters. The Morgan fingerprint density at radius 1 is 0.773 bits per heavy atom. The van der Waals surface area contributed by atoms with Crippen LogP contribution >= 0.6 is 69.6 Å². The first-order valence-corrected chi connectivity index (χ1v) is 7.77. The first kappa shape index (κ1) is 18.2. The summed E-state index contributed by atoms with van der Waals surface area (Å²) in [4.78, 5) is 0. The molecule has 2 rings (SSSR count). The molecule has 0 fully saturated rings. The molecule has 1 nitrogen and oxygen atoms in total. The fourth-order valence-electron chi connectivity index (χ4n) is 1.74. The van der Waals surface area contributed by atoms with Crippen LogP contribution in [0.3, 0.4) is 0 Å². The van der Waals surface area contributed by atoms with Crippen molar-refractivity contribution in [3.05, 3.63) is 48.3 Å². The topological polar surface area (TPSA) is 9.23 Å². The Bertz CT molecular complexity index is 706. The summed E-state index contributed by atoms with van der Waals surface area (Å²) in [5.41, 5.74) is 0.273. The second-order valence-electron chi connectivity index (χ2n) is 3.96. The number of hydrogen-bond donors (Lipinski definition) is 0. The van der Waals surface area contributed by atoms with Gasteiger partial charge in [-0.25, -0.2) is 0 Å². The summed E-state index contributed by atoms with van der Waals surface area (Å²) in [6.45, 7) is -3.06. The van der Waals surface area contributed by atoms with Gasteiger partial charge in [0, 0.05) is 16.1 Å². The van der Waals surface area contributed by atoms with Gasteiger partial charge >= 0.3 is 6.61 Å². The third kappa shape index (κ3) is 3.50. The quantitative estimate of drug-likeness (QED) is 0.358. The summed E-state index contributed by atoms with van der Waals surface area (Å²) in [6, 6.07) is 4.07. The normalized spacial score (nSPS) is 11.1. The summed E-state index contributed by atoms with van der Waals surface area (Å²) < 4.78 is 29.6. The third-order valence-corrected chi connectivity index (χ3v) is 5.15. The fourth-order valence-corrected chi connectivity index (χ4v) is 3.24. The highest BCUT2D eigenvalue weighted by molar-refractivity contribution is 6.56. The van der Waals surface area contributed by atoms with Crippen LogP contribution in [-0.2, 0) is 0 Å². The SMILES string of the molecule is FC(F)Oc1cc(Cl)ccc1-c1c(Cl)c(Cl)c(Cl)c(Cl)c1Cl. The van der Waals surface area contributed by atoms with Crippen LogP contribution in [0.1, 0.15) is 0 Å². The minimum atomic E-state index is -3.06. The molecule has 0 aliphatic carbocycles. The number of alkyl halides is 2. The maximum absolute atomic E-state index is 12.6. The fraction of sp³-hybridized carbons (Fsp3) is 0.0769. The highest BCUT2D eigenvalue weighted by atomic mass is 35.5. The monoisotopic (exact) mass is 424 g/mol. The molecule has 0 aromatic heterocycles. The second-order valence-corrected chi connectivity index (χ2v) is 6.29. The maximum Gasteiger partial charge on any atom is 0.387 e. The molecule has 0 saturated heterocycles. The van der Waals surface area contributed by atoms with E-state index in [-0.39, 0.29) is 47.0 Å². The molecule has 0 amide bonds. The van der Waals surface area contributed by atoms with Crippen molar-refractivity contribution in [2.75, 3.05) is 0 Å². The van der Waals surface area contributed by atoms with Crippen molar-refractivity contribution in [2.45, 2.75) is 6.61 Å². The van der Waals surface area contributed by atoms with E-state index >= 15 is 0 Å². The van der Waals surface area contributed by atoms with E-state index in [1.54, 1.807) is 0 Å². The molecular weight excluding hydrogens is 423 g/mol. The highest BCUT2D eigenvalue weighted by Gasteiger charge is 2.23. The van der Waals surface area contributed by atoms with Crippen molar-refractivity contribution in [2.24, 2.45) is 0 Å². The summed E-state index contributed by atoms with van der Waals surface area (Å²) >= 11 is 35.9. The highest BCUT2D eigenvalue weighted by Crippen LogP contribution is 2.50. The lowest BCUT2D eigenvalue weighted by Crippen LogP contribution is -2.03. The average molecular weight is 427 g/mol. The van der Waals surface area contributed by atoms with E-state index in [1.165, 1.54) is 18.2 Å². The second kappa shape index (κ2) is 7.16. The van der Waals surface area contributed by atoms with Crippen molar-refractivity contribution >= 4 is 69.6 Å². The zero-order chi connectivity index (χ0) is 16.6. The zero-order valence-electron chi connectivity index (χ0n) is 10.2. The van der Waals surface area contributed by atoms with E-state index in [0.29, 0.717) is 0 Å². The first-order valence-electron chi connectivity index (χ1n) is 5.50. The van der Waals surface area contributed by atoms with Gasteiger partial charge in [0.15, 0.2) is 0 Å². The van der Waals surface area contributed by atoms with Gasteiger partial charge in [0.1, 0.15) is 5.75 Å². The van der Waals surface area contributed by atoms with Gasteiger partial charge < -0.3 is 4.74 Å². The third-order valence-electron chi connectivity index (χ3n) is 2.64. The molecule has 2 aromatic carbocycles. The predicted molar refractivity (Wildman–Crippen MR) is 88.6 cm³/mol. The van der Waals surface area contributed by atoms with E-state index < -0.39 is 6.61 Å². The van der Waals surface area contributed by atoms with Crippen molar-refractivity contribution < 1.29 is 13.5 Å². The lowest BCUT2D eigenvalue weighted by atomic mass is 10.0. The lowest BCUT2D eigenvalue weighted by Gasteiger charge is -2.16. The van der Waals surface area contributed by atoms with Crippen LogP contribution in [-0.4, -0.2) is 6.61 Å². The molecule has 0 atom stereocenters. The predicted octanol–water partition coefficient (Wildman–Crippen LogP) is 7.88. The zero-order valence-corrected chi connectivity index (χ0v) is 14.8. The molecule has 0 aliphatic rings. The van der Waals surface area contributed by atoms with Gasteiger partial charge in [-0.3, -0.25) is 0 Å². The van der Waals surface area contributed by atoms with E-state index in [0.717, 1.165) is 0 Å². The molecule has 0 radical (unpaired) electrons. The Kier molecular flexibility index (Phi) is 5.92. The Labute approximate surface area is 154 Å². The van der Waals surface area contributed by atoms with E-state index in [4.69, 9.17) is 69.6 Å². The van der Waals surface area contributed by atoms with E-state index in [1.807, 2.05) is 0 Å². The first-order chi connectivity index (χ1) is 10.2. The Balaban J connectivity index is 2.77. The smallest absolute Gasteiger partial charge is 0.387 e. The molecule has 0 saturated carbocycles. The number of benzene rings is 2. The van der Waals surface area contributed by atoms with Crippen LogP contribution in [0.5, 0.6) is 5.75 Å². The lowest BCUT2D eigenvalue weighted by molar-refractivity contribution is -0.0494. The summed E-state index contributed by atoms with van der Waals surface area (Å²) in [5, 5.41) is -0.0217. The average Bonchev–Trinajstić information content (AvgIpc) is 2.45. The molecule has 0 N–H and O–H groups in total.